The minimum absolute atomic E-state index is 0. The number of hydrogen-bond donors (Lipinski definition) is 1. The van der Waals surface area contributed by atoms with Gasteiger partial charge in [-0.1, -0.05) is 0 Å². The van der Waals surface area contributed by atoms with E-state index in [0.29, 0.717) is 12.0 Å². The summed E-state index contributed by atoms with van der Waals surface area (Å²) in [5.41, 5.74) is 5.63. The van der Waals surface area contributed by atoms with E-state index in [-0.39, 0.29) is 12.4 Å². The minimum atomic E-state index is 0. The Balaban J connectivity index is 0.000000640. The molecule has 0 aliphatic heterocycles. The molecule has 0 unspecified atom stereocenters. The summed E-state index contributed by atoms with van der Waals surface area (Å²) in [6.45, 7) is 0.848. The van der Waals surface area contributed by atoms with Crippen LogP contribution in [0.3, 0.4) is 0 Å². The fourth-order valence-electron chi connectivity index (χ4n) is 1.02. The van der Waals surface area contributed by atoms with Gasteiger partial charge in [-0.15, -0.1) is 12.4 Å². The van der Waals surface area contributed by atoms with Crippen LogP contribution < -0.4 is 5.73 Å². The van der Waals surface area contributed by atoms with Gasteiger partial charge in [-0.25, -0.2) is 0 Å². The molecular weight excluding hydrogens is 138 g/mol. The Morgan fingerprint density at radius 3 is 2.33 bits per heavy atom. The molecule has 1 fully saturated rings. The molecule has 0 radical (unpaired) electrons. The van der Waals surface area contributed by atoms with Crippen molar-refractivity contribution in [1.29, 1.82) is 0 Å². The molecule has 0 heterocycles. The van der Waals surface area contributed by atoms with Crippen LogP contribution in [0.15, 0.2) is 0 Å². The standard InChI is InChI=1S/C6H13NO.ClH/c1-8-4-5-2-3-6(5)7;/h5-6H,2-4,7H2,1H3;1H/t5-,6+;/m1./s1. The van der Waals surface area contributed by atoms with Crippen LogP contribution in [0.2, 0.25) is 0 Å². The smallest absolute Gasteiger partial charge is 0.0505 e. The zero-order valence-electron chi connectivity index (χ0n) is 5.67. The van der Waals surface area contributed by atoms with E-state index < -0.39 is 0 Å². The molecule has 2 atom stereocenters. The van der Waals surface area contributed by atoms with E-state index in [2.05, 4.69) is 0 Å². The Morgan fingerprint density at radius 2 is 2.22 bits per heavy atom. The second kappa shape index (κ2) is 4.09. The first-order valence-electron chi connectivity index (χ1n) is 3.09. The summed E-state index contributed by atoms with van der Waals surface area (Å²) >= 11 is 0. The maximum atomic E-state index is 5.63. The molecule has 1 rings (SSSR count). The van der Waals surface area contributed by atoms with Crippen molar-refractivity contribution in [3.05, 3.63) is 0 Å². The zero-order chi connectivity index (χ0) is 5.98. The highest BCUT2D eigenvalue weighted by molar-refractivity contribution is 5.85. The summed E-state index contributed by atoms with van der Waals surface area (Å²) in [6.07, 6.45) is 2.45. The third-order valence-corrected chi connectivity index (χ3v) is 1.86. The lowest BCUT2D eigenvalue weighted by molar-refractivity contribution is 0.0945. The molecule has 0 saturated heterocycles. The Labute approximate surface area is 62.2 Å². The Hall–Kier alpha value is 0.210. The van der Waals surface area contributed by atoms with E-state index in [1.165, 1.54) is 12.8 Å². The third-order valence-electron chi connectivity index (χ3n) is 1.86. The quantitative estimate of drug-likeness (QED) is 0.634. The van der Waals surface area contributed by atoms with Crippen LogP contribution in [-0.4, -0.2) is 19.8 Å². The van der Waals surface area contributed by atoms with Gasteiger partial charge in [0.15, 0.2) is 0 Å². The van der Waals surface area contributed by atoms with E-state index in [1.54, 1.807) is 7.11 Å². The molecule has 56 valence electrons. The SMILES string of the molecule is COC[C@H]1CC[C@@H]1N.Cl. The Bertz CT molecular complexity index is 79.5. The molecule has 3 heteroatoms. The van der Waals surface area contributed by atoms with Crippen molar-refractivity contribution in [2.75, 3.05) is 13.7 Å². The van der Waals surface area contributed by atoms with Gasteiger partial charge in [0.05, 0.1) is 6.61 Å². The predicted molar refractivity (Wildman–Crippen MR) is 39.8 cm³/mol. The number of ether oxygens (including phenoxy) is 1. The van der Waals surface area contributed by atoms with Crippen molar-refractivity contribution in [1.82, 2.24) is 0 Å². The van der Waals surface area contributed by atoms with Gasteiger partial charge in [-0.3, -0.25) is 0 Å². The van der Waals surface area contributed by atoms with E-state index in [1.807, 2.05) is 0 Å². The summed E-state index contributed by atoms with van der Waals surface area (Å²) in [4.78, 5) is 0. The lowest BCUT2D eigenvalue weighted by Crippen LogP contribution is -2.41. The summed E-state index contributed by atoms with van der Waals surface area (Å²) < 4.78 is 4.94. The summed E-state index contributed by atoms with van der Waals surface area (Å²) in [6, 6.07) is 0.426. The van der Waals surface area contributed by atoms with Crippen LogP contribution in [-0.2, 0) is 4.74 Å². The number of halogens is 1. The third kappa shape index (κ3) is 2.12. The van der Waals surface area contributed by atoms with Crippen molar-refractivity contribution < 1.29 is 4.74 Å². The second-order valence-electron chi connectivity index (χ2n) is 2.46. The molecule has 1 saturated carbocycles. The molecule has 0 aromatic heterocycles. The fraction of sp³-hybridized carbons (Fsp3) is 1.00. The molecule has 2 nitrogen and oxygen atoms in total. The van der Waals surface area contributed by atoms with Crippen LogP contribution in [0.1, 0.15) is 12.8 Å². The lowest BCUT2D eigenvalue weighted by atomic mass is 9.81. The lowest BCUT2D eigenvalue weighted by Gasteiger charge is -2.32. The second-order valence-corrected chi connectivity index (χ2v) is 2.46. The number of rotatable bonds is 2. The molecule has 0 amide bonds. The highest BCUT2D eigenvalue weighted by Gasteiger charge is 2.26. The fourth-order valence-corrected chi connectivity index (χ4v) is 1.02. The number of nitrogens with two attached hydrogens (primary N) is 1. The van der Waals surface area contributed by atoms with Crippen molar-refractivity contribution in [2.24, 2.45) is 11.7 Å². The first-order chi connectivity index (χ1) is 3.84. The van der Waals surface area contributed by atoms with Crippen LogP contribution in [0.4, 0.5) is 0 Å². The van der Waals surface area contributed by atoms with E-state index in [4.69, 9.17) is 10.5 Å². The largest absolute Gasteiger partial charge is 0.384 e. The van der Waals surface area contributed by atoms with Crippen LogP contribution in [0.5, 0.6) is 0 Å². The monoisotopic (exact) mass is 151 g/mol. The topological polar surface area (TPSA) is 35.2 Å². The molecular formula is C6H14ClNO. The molecule has 0 aromatic carbocycles. The van der Waals surface area contributed by atoms with Gasteiger partial charge in [0.1, 0.15) is 0 Å². The van der Waals surface area contributed by atoms with Crippen molar-refractivity contribution in [3.8, 4) is 0 Å². The maximum absolute atomic E-state index is 5.63. The van der Waals surface area contributed by atoms with Gasteiger partial charge in [0.2, 0.25) is 0 Å². The normalized spacial score (nSPS) is 32.7. The van der Waals surface area contributed by atoms with Crippen molar-refractivity contribution in [2.45, 2.75) is 18.9 Å². The summed E-state index contributed by atoms with van der Waals surface area (Å²) in [5.74, 6) is 0.653. The Kier molecular flexibility index (Phi) is 4.19. The number of methoxy groups -OCH3 is 1. The van der Waals surface area contributed by atoms with Crippen LogP contribution in [0.25, 0.3) is 0 Å². The van der Waals surface area contributed by atoms with E-state index in [0.717, 1.165) is 6.61 Å². The van der Waals surface area contributed by atoms with Crippen molar-refractivity contribution in [3.63, 3.8) is 0 Å². The van der Waals surface area contributed by atoms with Crippen LogP contribution in [0, 0.1) is 5.92 Å². The number of hydrogen-bond acceptors (Lipinski definition) is 2. The molecule has 1 aliphatic rings. The van der Waals surface area contributed by atoms with E-state index >= 15 is 0 Å². The van der Waals surface area contributed by atoms with Crippen molar-refractivity contribution >= 4 is 12.4 Å². The van der Waals surface area contributed by atoms with Crippen LogP contribution >= 0.6 is 12.4 Å². The van der Waals surface area contributed by atoms with Gasteiger partial charge in [0.25, 0.3) is 0 Å². The first kappa shape index (κ1) is 9.21. The van der Waals surface area contributed by atoms with E-state index in [9.17, 15) is 0 Å². The minimum Gasteiger partial charge on any atom is -0.384 e. The average molecular weight is 152 g/mol. The van der Waals surface area contributed by atoms with Gasteiger partial charge >= 0.3 is 0 Å². The molecule has 0 spiro atoms. The average Bonchev–Trinajstić information content (AvgIpc) is 1.79. The first-order valence-corrected chi connectivity index (χ1v) is 3.09. The summed E-state index contributed by atoms with van der Waals surface area (Å²) in [5, 5.41) is 0. The maximum Gasteiger partial charge on any atom is 0.0505 e. The predicted octanol–water partition coefficient (Wildman–Crippen LogP) is 0.792. The highest BCUT2D eigenvalue weighted by Crippen LogP contribution is 2.24. The zero-order valence-corrected chi connectivity index (χ0v) is 6.49. The molecule has 0 bridgehead atoms. The molecule has 0 aromatic rings. The summed E-state index contributed by atoms with van der Waals surface area (Å²) in [7, 11) is 1.73. The van der Waals surface area contributed by atoms with Gasteiger partial charge in [0, 0.05) is 13.2 Å². The molecule has 9 heavy (non-hydrogen) atoms. The molecule has 2 N–H and O–H groups in total. The Morgan fingerprint density at radius 1 is 1.56 bits per heavy atom. The van der Waals surface area contributed by atoms with Gasteiger partial charge in [-0.2, -0.15) is 0 Å². The van der Waals surface area contributed by atoms with Gasteiger partial charge in [-0.05, 0) is 18.8 Å². The highest BCUT2D eigenvalue weighted by atomic mass is 35.5. The van der Waals surface area contributed by atoms with Gasteiger partial charge < -0.3 is 10.5 Å². The molecule has 1 aliphatic carbocycles.